The Hall–Kier alpha value is -0.250. The van der Waals surface area contributed by atoms with E-state index in [0.717, 1.165) is 0 Å². The molecule has 0 fully saturated rings. The second kappa shape index (κ2) is 6.24. The first-order valence-corrected chi connectivity index (χ1v) is 4.67. The highest BCUT2D eigenvalue weighted by atomic mass is 35.5. The average molecular weight is 245 g/mol. The van der Waals surface area contributed by atoms with Crippen molar-refractivity contribution in [2.45, 2.75) is 11.8 Å². The van der Waals surface area contributed by atoms with E-state index < -0.39 is 10.8 Å². The van der Waals surface area contributed by atoms with Crippen LogP contribution in [0.5, 0.6) is 0 Å². The van der Waals surface area contributed by atoms with Gasteiger partial charge < -0.3 is 4.84 Å². The number of alkyl halides is 3. The van der Waals surface area contributed by atoms with Crippen molar-refractivity contribution in [1.82, 2.24) is 0 Å². The van der Waals surface area contributed by atoms with E-state index in [-0.39, 0.29) is 17.2 Å². The van der Waals surface area contributed by atoms with Crippen LogP contribution >= 0.6 is 34.8 Å². The molecule has 0 radical (unpaired) electrons. The summed E-state index contributed by atoms with van der Waals surface area (Å²) in [6.45, 7) is 4.86. The number of rotatable bonds is 4. The molecule has 0 spiro atoms. The van der Waals surface area contributed by atoms with Crippen molar-refractivity contribution in [2.24, 2.45) is 5.16 Å². The molecule has 0 amide bonds. The fourth-order valence-corrected chi connectivity index (χ4v) is 0.896. The van der Waals surface area contributed by atoms with Gasteiger partial charge in [-0.2, -0.15) is 0 Å². The molecule has 0 aliphatic carbocycles. The highest BCUT2D eigenvalue weighted by Crippen LogP contribution is 2.07. The summed E-state index contributed by atoms with van der Waals surface area (Å²) in [5.74, 6) is -0.641. The normalized spacial score (nSPS) is 11.6. The van der Waals surface area contributed by atoms with E-state index in [9.17, 15) is 4.79 Å². The van der Waals surface area contributed by atoms with Crippen molar-refractivity contribution in [3.8, 4) is 0 Å². The number of oxime groups is 1. The highest BCUT2D eigenvalue weighted by molar-refractivity contribution is 6.56. The Morgan fingerprint density at radius 2 is 2.15 bits per heavy atom. The van der Waals surface area contributed by atoms with Gasteiger partial charge in [-0.1, -0.05) is 34.9 Å². The minimum atomic E-state index is -0.879. The predicted molar refractivity (Wildman–Crippen MR) is 54.6 cm³/mol. The molecular formula is C7H8Cl3NO2. The second-order valence-electron chi connectivity index (χ2n) is 2.18. The highest BCUT2D eigenvalue weighted by Gasteiger charge is 2.10. The molecule has 0 saturated carbocycles. The van der Waals surface area contributed by atoms with Gasteiger partial charge in [-0.15, -0.1) is 11.6 Å². The Morgan fingerprint density at radius 3 is 2.46 bits per heavy atom. The molecule has 13 heavy (non-hydrogen) atoms. The van der Waals surface area contributed by atoms with Gasteiger partial charge in [0.15, 0.2) is 0 Å². The number of nitrogens with zero attached hydrogens (tertiary/aromatic N) is 1. The van der Waals surface area contributed by atoms with Crippen LogP contribution in [0.25, 0.3) is 0 Å². The standard InChI is InChI=1S/C7H8Cl3NO2/c1-4(2)7(12)13-11-5(3-8)6(9)10/h6H,1,3H2,2H3/b11-5+. The molecule has 0 atom stereocenters. The van der Waals surface area contributed by atoms with Crippen molar-refractivity contribution in [1.29, 1.82) is 0 Å². The van der Waals surface area contributed by atoms with Crippen LogP contribution in [0.1, 0.15) is 6.92 Å². The van der Waals surface area contributed by atoms with Crippen molar-refractivity contribution in [2.75, 3.05) is 5.88 Å². The van der Waals surface area contributed by atoms with Gasteiger partial charge >= 0.3 is 5.97 Å². The molecule has 74 valence electrons. The van der Waals surface area contributed by atoms with E-state index in [4.69, 9.17) is 34.8 Å². The van der Waals surface area contributed by atoms with Gasteiger partial charge in [0.25, 0.3) is 0 Å². The molecule has 0 saturated heterocycles. The maximum Gasteiger partial charge on any atom is 0.360 e. The van der Waals surface area contributed by atoms with Crippen molar-refractivity contribution >= 4 is 46.5 Å². The quantitative estimate of drug-likeness (QED) is 0.251. The van der Waals surface area contributed by atoms with Crippen LogP contribution in [-0.4, -0.2) is 22.4 Å². The lowest BCUT2D eigenvalue weighted by Crippen LogP contribution is -2.12. The number of carbonyl (C=O) groups is 1. The number of hydrogen-bond donors (Lipinski definition) is 0. The first-order valence-electron chi connectivity index (χ1n) is 3.26. The van der Waals surface area contributed by atoms with Crippen molar-refractivity contribution in [3.63, 3.8) is 0 Å². The molecule has 0 aromatic heterocycles. The summed E-state index contributed by atoms with van der Waals surface area (Å²) in [6, 6.07) is 0. The van der Waals surface area contributed by atoms with Crippen LogP contribution in [0.4, 0.5) is 0 Å². The van der Waals surface area contributed by atoms with E-state index >= 15 is 0 Å². The van der Waals surface area contributed by atoms with E-state index in [1.165, 1.54) is 6.92 Å². The Balaban J connectivity index is 4.23. The minimum Gasteiger partial charge on any atom is -0.313 e. The van der Waals surface area contributed by atoms with Gasteiger partial charge in [0.1, 0.15) is 10.5 Å². The Labute approximate surface area is 91.3 Å². The van der Waals surface area contributed by atoms with Gasteiger partial charge in [-0.05, 0) is 6.92 Å². The summed E-state index contributed by atoms with van der Waals surface area (Å²) in [7, 11) is 0. The molecule has 0 bridgehead atoms. The molecular weight excluding hydrogens is 236 g/mol. The number of hydrogen-bond acceptors (Lipinski definition) is 3. The van der Waals surface area contributed by atoms with E-state index in [0.29, 0.717) is 0 Å². The average Bonchev–Trinajstić information content (AvgIpc) is 2.04. The van der Waals surface area contributed by atoms with Crippen molar-refractivity contribution < 1.29 is 9.63 Å². The molecule has 0 N–H and O–H groups in total. The topological polar surface area (TPSA) is 38.7 Å². The summed E-state index contributed by atoms with van der Waals surface area (Å²) in [5.41, 5.74) is 0.415. The maximum absolute atomic E-state index is 10.8. The Kier molecular flexibility index (Phi) is 6.12. The largest absolute Gasteiger partial charge is 0.360 e. The Morgan fingerprint density at radius 1 is 1.62 bits per heavy atom. The third-order valence-corrected chi connectivity index (χ3v) is 1.76. The molecule has 0 aliphatic rings. The first-order chi connectivity index (χ1) is 5.99. The summed E-state index contributed by atoms with van der Waals surface area (Å²) in [4.78, 5) is 14.4. The molecule has 0 aliphatic heterocycles. The molecule has 0 unspecified atom stereocenters. The van der Waals surface area contributed by atoms with Crippen LogP contribution in [-0.2, 0) is 9.63 Å². The van der Waals surface area contributed by atoms with Crippen LogP contribution < -0.4 is 0 Å². The third-order valence-electron chi connectivity index (χ3n) is 0.983. The zero-order chi connectivity index (χ0) is 10.4. The van der Waals surface area contributed by atoms with E-state index in [2.05, 4.69) is 16.6 Å². The van der Waals surface area contributed by atoms with Gasteiger partial charge in [-0.25, -0.2) is 4.79 Å². The van der Waals surface area contributed by atoms with E-state index in [1.54, 1.807) is 0 Å². The monoisotopic (exact) mass is 243 g/mol. The molecule has 6 heteroatoms. The predicted octanol–water partition coefficient (Wildman–Crippen LogP) is 2.50. The van der Waals surface area contributed by atoms with Crippen molar-refractivity contribution in [3.05, 3.63) is 12.2 Å². The third kappa shape index (κ3) is 5.13. The number of carbonyl (C=O) groups excluding carboxylic acids is 1. The van der Waals surface area contributed by atoms with Crippen LogP contribution in [0.15, 0.2) is 17.3 Å². The van der Waals surface area contributed by atoms with E-state index in [1.807, 2.05) is 0 Å². The summed E-state index contributed by atoms with van der Waals surface area (Å²) < 4.78 is 0. The summed E-state index contributed by atoms with van der Waals surface area (Å²) >= 11 is 16.3. The molecule has 3 nitrogen and oxygen atoms in total. The molecule has 0 heterocycles. The fourth-order valence-electron chi connectivity index (χ4n) is 0.301. The minimum absolute atomic E-state index is 0.00113. The summed E-state index contributed by atoms with van der Waals surface area (Å²) in [6.07, 6.45) is 0. The van der Waals surface area contributed by atoms with Crippen LogP contribution in [0.3, 0.4) is 0 Å². The number of halogens is 3. The first kappa shape index (κ1) is 12.8. The van der Waals surface area contributed by atoms with Gasteiger partial charge in [-0.3, -0.25) is 0 Å². The molecule has 0 aromatic rings. The van der Waals surface area contributed by atoms with Gasteiger partial charge in [0.2, 0.25) is 0 Å². The fraction of sp³-hybridized carbons (Fsp3) is 0.429. The lowest BCUT2D eigenvalue weighted by Gasteiger charge is -2.01. The SMILES string of the molecule is C=C(C)C(=O)O/N=C(\CCl)C(Cl)Cl. The smallest absolute Gasteiger partial charge is 0.313 e. The lowest BCUT2D eigenvalue weighted by atomic mass is 10.4. The van der Waals surface area contributed by atoms with Crippen LogP contribution in [0, 0.1) is 0 Å². The molecule has 0 aromatic carbocycles. The maximum atomic E-state index is 10.8. The summed E-state index contributed by atoms with van der Waals surface area (Å²) in [5, 5.41) is 3.37. The zero-order valence-electron chi connectivity index (χ0n) is 6.89. The second-order valence-corrected chi connectivity index (χ2v) is 3.54. The lowest BCUT2D eigenvalue weighted by molar-refractivity contribution is -0.138. The van der Waals surface area contributed by atoms with Gasteiger partial charge in [0.05, 0.1) is 5.88 Å². The zero-order valence-corrected chi connectivity index (χ0v) is 9.16. The van der Waals surface area contributed by atoms with Gasteiger partial charge in [0, 0.05) is 5.57 Å². The Bertz CT molecular complexity index is 238. The molecule has 0 rings (SSSR count). The van der Waals surface area contributed by atoms with Crippen LogP contribution in [0.2, 0.25) is 0 Å².